The first-order valence-corrected chi connectivity index (χ1v) is 11.1. The number of aromatic nitrogens is 2. The van der Waals surface area contributed by atoms with Crippen LogP contribution >= 0.6 is 11.6 Å². The monoisotopic (exact) mass is 485 g/mol. The molecule has 0 radical (unpaired) electrons. The van der Waals surface area contributed by atoms with Gasteiger partial charge in [-0.15, -0.1) is 0 Å². The highest BCUT2D eigenvalue weighted by molar-refractivity contribution is 6.32. The van der Waals surface area contributed by atoms with Gasteiger partial charge in [0.1, 0.15) is 12.2 Å². The highest BCUT2D eigenvalue weighted by atomic mass is 35.5. The van der Waals surface area contributed by atoms with E-state index in [0.717, 1.165) is 5.39 Å². The van der Waals surface area contributed by atoms with E-state index in [9.17, 15) is 4.79 Å². The molecule has 3 aromatic carbocycles. The van der Waals surface area contributed by atoms with E-state index in [1.165, 1.54) is 18.0 Å². The predicted molar refractivity (Wildman–Crippen MR) is 138 cm³/mol. The number of nitrogens with zero attached hydrogens (tertiary/aromatic N) is 3. The molecule has 5 rings (SSSR count). The van der Waals surface area contributed by atoms with Gasteiger partial charge in [0.15, 0.2) is 17.3 Å². The number of hydrogen-bond donors (Lipinski definition) is 0. The van der Waals surface area contributed by atoms with Crippen LogP contribution in [-0.2, 0) is 0 Å². The van der Waals surface area contributed by atoms with Gasteiger partial charge in [-0.3, -0.25) is 4.79 Å². The highest BCUT2D eigenvalue weighted by Gasteiger charge is 2.17. The van der Waals surface area contributed by atoms with E-state index in [2.05, 4.69) is 16.7 Å². The number of ether oxygens (including phenoxy) is 2. The number of para-hydroxylation sites is 2. The van der Waals surface area contributed by atoms with Gasteiger partial charge in [-0.25, -0.2) is 4.98 Å². The summed E-state index contributed by atoms with van der Waals surface area (Å²) < 4.78 is 18.2. The summed E-state index contributed by atoms with van der Waals surface area (Å²) in [7, 11) is 1.52. The molecule has 35 heavy (non-hydrogen) atoms. The number of benzene rings is 3. The molecule has 0 saturated heterocycles. The van der Waals surface area contributed by atoms with E-state index in [-0.39, 0.29) is 18.0 Å². The summed E-state index contributed by atoms with van der Waals surface area (Å²) in [6.07, 6.45) is 3.12. The van der Waals surface area contributed by atoms with E-state index >= 15 is 0 Å². The lowest BCUT2D eigenvalue weighted by Crippen LogP contribution is -2.20. The van der Waals surface area contributed by atoms with E-state index in [4.69, 9.17) is 25.5 Å². The fourth-order valence-corrected chi connectivity index (χ4v) is 3.98. The Balaban J connectivity index is 1.65. The van der Waals surface area contributed by atoms with Gasteiger partial charge >= 0.3 is 0 Å². The minimum atomic E-state index is -0.327. The summed E-state index contributed by atoms with van der Waals surface area (Å²) in [5, 5.41) is 6.14. The fraction of sp³-hybridized carbons (Fsp3) is 0.0741. The Morgan fingerprint density at radius 2 is 1.94 bits per heavy atom. The van der Waals surface area contributed by atoms with Crippen LogP contribution in [0.2, 0.25) is 5.02 Å². The number of hydrogen-bond acceptors (Lipinski definition) is 6. The van der Waals surface area contributed by atoms with Crippen LogP contribution in [0.1, 0.15) is 5.56 Å². The molecular weight excluding hydrogens is 466 g/mol. The summed E-state index contributed by atoms with van der Waals surface area (Å²) in [4.78, 5) is 18.1. The molecule has 0 atom stereocenters. The van der Waals surface area contributed by atoms with Crippen molar-refractivity contribution in [3.63, 3.8) is 0 Å². The van der Waals surface area contributed by atoms with Gasteiger partial charge in [0.25, 0.3) is 5.56 Å². The van der Waals surface area contributed by atoms with E-state index in [0.29, 0.717) is 44.3 Å². The zero-order valence-electron chi connectivity index (χ0n) is 18.8. The molecule has 0 aliphatic rings. The van der Waals surface area contributed by atoms with Crippen molar-refractivity contribution < 1.29 is 13.9 Å². The van der Waals surface area contributed by atoms with Gasteiger partial charge in [-0.1, -0.05) is 54.6 Å². The number of halogens is 1. The Kier molecular flexibility index (Phi) is 6.08. The zero-order chi connectivity index (χ0) is 24.4. The van der Waals surface area contributed by atoms with Crippen LogP contribution < -0.4 is 15.0 Å². The second-order valence-electron chi connectivity index (χ2n) is 7.60. The largest absolute Gasteiger partial charge is 0.493 e. The maximum Gasteiger partial charge on any atom is 0.282 e. The molecule has 0 amide bonds. The molecule has 7 nitrogen and oxygen atoms in total. The number of fused-ring (bicyclic) bond motifs is 2. The summed E-state index contributed by atoms with van der Waals surface area (Å²) in [5.74, 6) is 1.54. The van der Waals surface area contributed by atoms with E-state index in [1.807, 2.05) is 36.4 Å². The Bertz CT molecular complexity index is 1620. The lowest BCUT2D eigenvalue weighted by molar-refractivity contribution is 0.326. The number of methoxy groups -OCH3 is 1. The second-order valence-corrected chi connectivity index (χ2v) is 8.00. The smallest absolute Gasteiger partial charge is 0.282 e. The molecule has 8 heteroatoms. The number of furan rings is 1. The SMILES string of the molecule is C=CCOc1c(Cl)cc(C=Nn2c(-c3cc4ccccc4o3)nc3ccccc3c2=O)cc1OC. The maximum absolute atomic E-state index is 13.4. The topological polar surface area (TPSA) is 78.9 Å². The fourth-order valence-electron chi connectivity index (χ4n) is 3.70. The molecule has 0 bridgehead atoms. The van der Waals surface area contributed by atoms with Crippen molar-refractivity contribution in [3.8, 4) is 23.1 Å². The molecule has 0 saturated carbocycles. The molecule has 0 spiro atoms. The third-order valence-electron chi connectivity index (χ3n) is 5.32. The molecule has 5 aromatic rings. The predicted octanol–water partition coefficient (Wildman–Crippen LogP) is 5.92. The minimum Gasteiger partial charge on any atom is -0.493 e. The average Bonchev–Trinajstić information content (AvgIpc) is 3.31. The van der Waals surface area contributed by atoms with Crippen LogP contribution in [-0.4, -0.2) is 29.6 Å². The lowest BCUT2D eigenvalue weighted by atomic mass is 10.2. The molecule has 174 valence electrons. The Morgan fingerprint density at radius 3 is 2.74 bits per heavy atom. The van der Waals surface area contributed by atoms with Gasteiger partial charge in [0, 0.05) is 5.39 Å². The van der Waals surface area contributed by atoms with Gasteiger partial charge in [-0.05, 0) is 42.0 Å². The van der Waals surface area contributed by atoms with Crippen molar-refractivity contribution in [2.24, 2.45) is 5.10 Å². The molecule has 2 heterocycles. The number of rotatable bonds is 7. The minimum absolute atomic E-state index is 0.280. The molecular formula is C27H20ClN3O4. The maximum atomic E-state index is 13.4. The van der Waals surface area contributed by atoms with Crippen molar-refractivity contribution in [3.05, 3.63) is 100 Å². The Labute approximate surface area is 205 Å². The quantitative estimate of drug-likeness (QED) is 0.211. The van der Waals surface area contributed by atoms with Crippen molar-refractivity contribution >= 4 is 39.7 Å². The molecule has 0 aliphatic heterocycles. The van der Waals surface area contributed by atoms with E-state index < -0.39 is 0 Å². The molecule has 0 N–H and O–H groups in total. The second kappa shape index (κ2) is 9.48. The van der Waals surface area contributed by atoms with Crippen LogP contribution in [0.4, 0.5) is 0 Å². The Morgan fingerprint density at radius 1 is 1.14 bits per heavy atom. The average molecular weight is 486 g/mol. The Hall–Kier alpha value is -4.36. The molecule has 0 unspecified atom stereocenters. The van der Waals surface area contributed by atoms with Gasteiger partial charge in [0.05, 0.1) is 29.2 Å². The summed E-state index contributed by atoms with van der Waals surface area (Å²) >= 11 is 6.42. The highest BCUT2D eigenvalue weighted by Crippen LogP contribution is 2.36. The summed E-state index contributed by atoms with van der Waals surface area (Å²) in [6.45, 7) is 3.92. The first kappa shape index (κ1) is 22.4. The third-order valence-corrected chi connectivity index (χ3v) is 5.60. The van der Waals surface area contributed by atoms with Crippen LogP contribution in [0.15, 0.2) is 93.7 Å². The standard InChI is InChI=1S/C27H20ClN3O4/c1-3-12-34-25-20(28)13-17(14-23(25)33-2)16-29-31-26(24-15-18-8-4-7-11-22(18)35-24)30-21-10-6-5-9-19(21)27(31)32/h3-11,13-16H,1,12H2,2H3. The van der Waals surface area contributed by atoms with Gasteiger partial charge in [0.2, 0.25) is 5.82 Å². The summed E-state index contributed by atoms with van der Waals surface area (Å²) in [5.41, 5.74) is 1.51. The summed E-state index contributed by atoms with van der Waals surface area (Å²) in [6, 6.07) is 19.9. The molecule has 0 aliphatic carbocycles. The van der Waals surface area contributed by atoms with Crippen LogP contribution in [0.3, 0.4) is 0 Å². The first-order chi connectivity index (χ1) is 17.1. The first-order valence-electron chi connectivity index (χ1n) is 10.8. The zero-order valence-corrected chi connectivity index (χ0v) is 19.5. The van der Waals surface area contributed by atoms with Gasteiger partial charge in [-0.2, -0.15) is 9.78 Å². The van der Waals surface area contributed by atoms with E-state index in [1.54, 1.807) is 36.4 Å². The van der Waals surface area contributed by atoms with Crippen molar-refractivity contribution in [1.82, 2.24) is 9.66 Å². The molecule has 0 fully saturated rings. The molecule has 2 aromatic heterocycles. The van der Waals surface area contributed by atoms with Gasteiger partial charge < -0.3 is 13.9 Å². The van der Waals surface area contributed by atoms with Crippen LogP contribution in [0, 0.1) is 0 Å². The van der Waals surface area contributed by atoms with Crippen LogP contribution in [0.25, 0.3) is 33.5 Å². The van der Waals surface area contributed by atoms with Crippen molar-refractivity contribution in [2.75, 3.05) is 13.7 Å². The van der Waals surface area contributed by atoms with Crippen molar-refractivity contribution in [1.29, 1.82) is 0 Å². The van der Waals surface area contributed by atoms with Crippen LogP contribution in [0.5, 0.6) is 11.5 Å². The lowest BCUT2D eigenvalue weighted by Gasteiger charge is -2.12. The van der Waals surface area contributed by atoms with Crippen molar-refractivity contribution in [2.45, 2.75) is 0 Å². The third kappa shape index (κ3) is 4.29. The normalized spacial score (nSPS) is 11.4.